The Morgan fingerprint density at radius 1 is 1.05 bits per heavy atom. The molecular weight excluding hydrogens is 543 g/mol. The molecule has 4 N–H and O–H groups in total. The van der Waals surface area contributed by atoms with Crippen molar-refractivity contribution < 1.29 is 31.5 Å². The fourth-order valence-corrected chi connectivity index (χ4v) is 5.94. The van der Waals surface area contributed by atoms with E-state index in [0.717, 1.165) is 23.5 Å². The van der Waals surface area contributed by atoms with Crippen molar-refractivity contribution in [3.8, 4) is 27.4 Å². The maximum Gasteiger partial charge on any atom is 0.416 e. The number of nitrogens with one attached hydrogen (secondary N) is 1. The van der Waals surface area contributed by atoms with Crippen LogP contribution in [0.15, 0.2) is 65.0 Å². The monoisotopic (exact) mass is 565 g/mol. The van der Waals surface area contributed by atoms with Gasteiger partial charge in [-0.1, -0.05) is 17.3 Å². The second-order valence-electron chi connectivity index (χ2n) is 8.21. The number of nitrogens with two attached hydrogens (primary N) is 1. The molecule has 4 rings (SSSR count). The van der Waals surface area contributed by atoms with Gasteiger partial charge in [-0.3, -0.25) is 0 Å². The Kier molecular flexibility index (Phi) is 7.97. The van der Waals surface area contributed by atoms with Crippen LogP contribution < -0.4 is 10.5 Å². The van der Waals surface area contributed by atoms with Crippen molar-refractivity contribution in [1.82, 2.24) is 19.7 Å². The normalized spacial score (nSPS) is 12.1. The molecule has 0 radical (unpaired) electrons. The molecule has 14 heteroatoms. The first-order valence-electron chi connectivity index (χ1n) is 11.3. The van der Waals surface area contributed by atoms with E-state index in [1.54, 1.807) is 12.1 Å². The van der Waals surface area contributed by atoms with Gasteiger partial charge in [-0.05, 0) is 67.4 Å². The third kappa shape index (κ3) is 6.27. The summed E-state index contributed by atoms with van der Waals surface area (Å²) in [5.41, 5.74) is 6.01. The lowest BCUT2D eigenvalue weighted by Gasteiger charge is -2.07. The maximum absolute atomic E-state index is 12.9. The number of aromatic nitrogens is 3. The number of carboxylic acids is 1. The molecule has 0 amide bonds. The highest BCUT2D eigenvalue weighted by Crippen LogP contribution is 2.33. The first-order valence-corrected chi connectivity index (χ1v) is 13.6. The molecular formula is C24H22F3N5O4S2. The molecule has 0 aliphatic heterocycles. The predicted molar refractivity (Wildman–Crippen MR) is 136 cm³/mol. The Morgan fingerprint density at radius 2 is 1.79 bits per heavy atom. The lowest BCUT2D eigenvalue weighted by Crippen LogP contribution is -2.24. The van der Waals surface area contributed by atoms with E-state index in [2.05, 4.69) is 15.0 Å². The molecule has 0 spiro atoms. The topological polar surface area (TPSA) is 140 Å². The minimum Gasteiger partial charge on any atom is -0.478 e. The van der Waals surface area contributed by atoms with Gasteiger partial charge in [-0.15, -0.1) is 16.4 Å². The van der Waals surface area contributed by atoms with Crippen molar-refractivity contribution in [3.63, 3.8) is 0 Å². The summed E-state index contributed by atoms with van der Waals surface area (Å²) < 4.78 is 67.7. The molecule has 9 nitrogen and oxygen atoms in total. The summed E-state index contributed by atoms with van der Waals surface area (Å²) in [5, 5.41) is 17.6. The van der Waals surface area contributed by atoms with Crippen LogP contribution in [0.1, 0.15) is 28.8 Å². The van der Waals surface area contributed by atoms with Crippen molar-refractivity contribution in [2.75, 3.05) is 13.1 Å². The van der Waals surface area contributed by atoms with Gasteiger partial charge in [0, 0.05) is 17.0 Å². The van der Waals surface area contributed by atoms with Crippen LogP contribution in [0.3, 0.4) is 0 Å². The number of hydrogen-bond donors (Lipinski definition) is 3. The molecule has 0 bridgehead atoms. The Hall–Kier alpha value is -3.59. The number of rotatable bonds is 10. The molecule has 4 aromatic rings. The number of sulfonamides is 1. The van der Waals surface area contributed by atoms with Crippen molar-refractivity contribution in [2.45, 2.75) is 23.2 Å². The summed E-state index contributed by atoms with van der Waals surface area (Å²) in [6.07, 6.45) is -1.72. The molecule has 2 aromatic carbocycles. The molecule has 0 aliphatic carbocycles. The van der Waals surface area contributed by atoms with E-state index in [1.807, 2.05) is 0 Å². The van der Waals surface area contributed by atoms with Gasteiger partial charge in [0.1, 0.15) is 9.90 Å². The average molecular weight is 566 g/mol. The third-order valence-corrected chi connectivity index (χ3v) is 8.57. The molecule has 38 heavy (non-hydrogen) atoms. The van der Waals surface area contributed by atoms with Gasteiger partial charge >= 0.3 is 12.1 Å². The number of alkyl halides is 3. The molecule has 0 atom stereocenters. The lowest BCUT2D eigenvalue weighted by molar-refractivity contribution is -0.137. The van der Waals surface area contributed by atoms with E-state index in [1.165, 1.54) is 41.2 Å². The second-order valence-corrected chi connectivity index (χ2v) is 11.3. The highest BCUT2D eigenvalue weighted by molar-refractivity contribution is 7.91. The van der Waals surface area contributed by atoms with E-state index in [9.17, 15) is 31.5 Å². The minimum atomic E-state index is -4.47. The summed E-state index contributed by atoms with van der Waals surface area (Å²) in [4.78, 5) is 12.3. The largest absolute Gasteiger partial charge is 0.478 e. The van der Waals surface area contributed by atoms with Crippen molar-refractivity contribution in [3.05, 3.63) is 71.9 Å². The van der Waals surface area contributed by atoms with Gasteiger partial charge in [0.05, 0.1) is 23.0 Å². The van der Waals surface area contributed by atoms with Gasteiger partial charge in [0.25, 0.3) is 0 Å². The Morgan fingerprint density at radius 3 is 2.45 bits per heavy atom. The zero-order chi connectivity index (χ0) is 27.5. The third-order valence-electron chi connectivity index (χ3n) is 5.48. The van der Waals surface area contributed by atoms with E-state index in [4.69, 9.17) is 5.73 Å². The summed E-state index contributed by atoms with van der Waals surface area (Å²) in [7, 11) is -3.74. The van der Waals surface area contributed by atoms with Gasteiger partial charge < -0.3 is 10.8 Å². The molecule has 0 fully saturated rings. The van der Waals surface area contributed by atoms with Gasteiger partial charge in [0.15, 0.2) is 0 Å². The quantitative estimate of drug-likeness (QED) is 0.242. The maximum atomic E-state index is 12.9. The number of hydrogen-bond acceptors (Lipinski definition) is 7. The van der Waals surface area contributed by atoms with Crippen LogP contribution in [0.4, 0.5) is 13.2 Å². The number of unbranched alkanes of at least 4 members (excludes halogenated alkanes) is 1. The number of nitrogens with zero attached hydrogens (tertiary/aromatic N) is 3. The Labute approximate surface area is 219 Å². The second kappa shape index (κ2) is 11.0. The van der Waals surface area contributed by atoms with Gasteiger partial charge in [-0.25, -0.2) is 22.6 Å². The van der Waals surface area contributed by atoms with Crippen LogP contribution in [0, 0.1) is 0 Å². The van der Waals surface area contributed by atoms with Crippen LogP contribution >= 0.6 is 11.3 Å². The SMILES string of the molecule is NCCCCNS(=O)(=O)c1ccc(-c2cc(C(=O)O)cc(-n3cc(-c4ccc(C(F)(F)F)cc4)nn3)c2)s1. The van der Waals surface area contributed by atoms with Crippen molar-refractivity contribution >= 4 is 27.3 Å². The summed E-state index contributed by atoms with van der Waals surface area (Å²) in [5.74, 6) is -1.21. The fourth-order valence-electron chi connectivity index (χ4n) is 3.53. The molecule has 2 aromatic heterocycles. The molecule has 200 valence electrons. The molecule has 0 saturated heterocycles. The smallest absolute Gasteiger partial charge is 0.416 e. The molecule has 0 unspecified atom stereocenters. The highest BCUT2D eigenvalue weighted by atomic mass is 32.2. The minimum absolute atomic E-state index is 0.0678. The summed E-state index contributed by atoms with van der Waals surface area (Å²) in [6, 6.07) is 11.8. The standard InChI is InChI=1S/C24H22F3N5O4S2/c25-24(26,27)18-5-3-15(4-6-18)20-14-32(31-30-20)19-12-16(11-17(13-19)23(33)34)21-7-8-22(37-21)38(35,36)29-10-2-1-9-28/h3-8,11-14,29H,1-2,9-10,28H2,(H,33,34). The lowest BCUT2D eigenvalue weighted by atomic mass is 10.1. The zero-order valence-electron chi connectivity index (χ0n) is 19.6. The van der Waals surface area contributed by atoms with E-state index in [-0.39, 0.29) is 22.0 Å². The van der Waals surface area contributed by atoms with Gasteiger partial charge in [0.2, 0.25) is 10.0 Å². The molecule has 2 heterocycles. The van der Waals surface area contributed by atoms with Crippen LogP contribution in [0.2, 0.25) is 0 Å². The number of halogens is 3. The predicted octanol–water partition coefficient (Wildman–Crippen LogP) is 4.40. The van der Waals surface area contributed by atoms with Crippen LogP contribution in [-0.2, 0) is 16.2 Å². The van der Waals surface area contributed by atoms with Gasteiger partial charge in [-0.2, -0.15) is 13.2 Å². The van der Waals surface area contributed by atoms with E-state index < -0.39 is 27.7 Å². The van der Waals surface area contributed by atoms with Crippen LogP contribution in [0.25, 0.3) is 27.4 Å². The number of thiophene rings is 1. The number of benzene rings is 2. The van der Waals surface area contributed by atoms with E-state index in [0.29, 0.717) is 41.1 Å². The van der Waals surface area contributed by atoms with Crippen LogP contribution in [0.5, 0.6) is 0 Å². The fraction of sp³-hybridized carbons (Fsp3) is 0.208. The van der Waals surface area contributed by atoms with E-state index >= 15 is 0 Å². The first-order chi connectivity index (χ1) is 18.0. The van der Waals surface area contributed by atoms with Crippen molar-refractivity contribution in [2.24, 2.45) is 5.73 Å². The number of aromatic carboxylic acids is 1. The average Bonchev–Trinajstić information content (AvgIpc) is 3.57. The molecule has 0 saturated carbocycles. The first kappa shape index (κ1) is 27.4. The number of carbonyl (C=O) groups is 1. The summed E-state index contributed by atoms with van der Waals surface area (Å²) >= 11 is 0.981. The Bertz CT molecular complexity index is 1550. The molecule has 0 aliphatic rings. The summed E-state index contributed by atoms with van der Waals surface area (Å²) in [6.45, 7) is 0.712. The van der Waals surface area contributed by atoms with Crippen molar-refractivity contribution in [1.29, 1.82) is 0 Å². The van der Waals surface area contributed by atoms with Crippen LogP contribution in [-0.4, -0.2) is 47.6 Å². The zero-order valence-corrected chi connectivity index (χ0v) is 21.3. The number of carboxylic acid groups (broad SMARTS) is 1. The Balaban J connectivity index is 1.63. The highest BCUT2D eigenvalue weighted by Gasteiger charge is 2.30.